The summed E-state index contributed by atoms with van der Waals surface area (Å²) in [6.45, 7) is 4.54. The molecule has 0 aliphatic rings. The van der Waals surface area contributed by atoms with E-state index in [1.807, 2.05) is 42.5 Å². The zero-order valence-corrected chi connectivity index (χ0v) is 15.2. The first-order valence-electron chi connectivity index (χ1n) is 8.47. The molecule has 5 heteroatoms. The standard InChI is InChI=1S/C20H25NO3S/c1-2-3-15-21(16-7-8-17-22)25(23,24)20-13-11-19(12-14-20)18-9-5-4-6-10-18/h2,4-6,9-14,22H,1,3,7-8,15-17H2. The lowest BCUT2D eigenvalue weighted by Gasteiger charge is -2.21. The average Bonchev–Trinajstić information content (AvgIpc) is 2.65. The number of aliphatic hydroxyl groups excluding tert-OH is 1. The van der Waals surface area contributed by atoms with E-state index >= 15 is 0 Å². The number of nitrogens with zero attached hydrogens (tertiary/aromatic N) is 1. The van der Waals surface area contributed by atoms with Crippen molar-refractivity contribution >= 4 is 10.0 Å². The van der Waals surface area contributed by atoms with Gasteiger partial charge in [0.25, 0.3) is 0 Å². The second kappa shape index (κ2) is 9.51. The summed E-state index contributed by atoms with van der Waals surface area (Å²) in [7, 11) is -3.55. The number of sulfonamides is 1. The molecule has 0 radical (unpaired) electrons. The third-order valence-electron chi connectivity index (χ3n) is 4.00. The van der Waals surface area contributed by atoms with Crippen LogP contribution in [-0.4, -0.2) is 37.5 Å². The minimum atomic E-state index is -3.55. The molecule has 2 aromatic rings. The molecule has 4 nitrogen and oxygen atoms in total. The Balaban J connectivity index is 2.21. The number of benzene rings is 2. The molecule has 1 N–H and O–H groups in total. The van der Waals surface area contributed by atoms with Crippen molar-refractivity contribution in [3.63, 3.8) is 0 Å². The third kappa shape index (κ3) is 5.26. The molecule has 0 saturated carbocycles. The van der Waals surface area contributed by atoms with Crippen LogP contribution in [0.4, 0.5) is 0 Å². The number of hydrogen-bond acceptors (Lipinski definition) is 3. The van der Waals surface area contributed by atoms with Crippen molar-refractivity contribution in [1.82, 2.24) is 4.31 Å². The molecule has 0 fully saturated rings. The average molecular weight is 359 g/mol. The summed E-state index contributed by atoms with van der Waals surface area (Å²) >= 11 is 0. The summed E-state index contributed by atoms with van der Waals surface area (Å²) in [4.78, 5) is 0.292. The molecule has 0 saturated heterocycles. The molecule has 0 aromatic heterocycles. The van der Waals surface area contributed by atoms with Crippen molar-refractivity contribution in [2.75, 3.05) is 19.7 Å². The van der Waals surface area contributed by atoms with Gasteiger partial charge in [-0.25, -0.2) is 8.42 Å². The van der Waals surface area contributed by atoms with Crippen molar-refractivity contribution < 1.29 is 13.5 Å². The molecule has 0 heterocycles. The Hall–Kier alpha value is -1.95. The van der Waals surface area contributed by atoms with Gasteiger partial charge in [-0.1, -0.05) is 48.5 Å². The number of unbranched alkanes of at least 4 members (excludes halogenated alkanes) is 1. The van der Waals surface area contributed by atoms with E-state index in [1.54, 1.807) is 18.2 Å². The first-order valence-corrected chi connectivity index (χ1v) is 9.91. The Morgan fingerprint density at radius 2 is 1.56 bits per heavy atom. The summed E-state index contributed by atoms with van der Waals surface area (Å²) in [6, 6.07) is 16.8. The summed E-state index contributed by atoms with van der Waals surface area (Å²) < 4.78 is 27.3. The van der Waals surface area contributed by atoms with Crippen molar-refractivity contribution in [3.8, 4) is 11.1 Å². The van der Waals surface area contributed by atoms with E-state index in [4.69, 9.17) is 5.11 Å². The van der Waals surface area contributed by atoms with E-state index in [-0.39, 0.29) is 6.61 Å². The van der Waals surface area contributed by atoms with Crippen LogP contribution in [0.1, 0.15) is 19.3 Å². The Morgan fingerprint density at radius 1 is 0.920 bits per heavy atom. The van der Waals surface area contributed by atoms with Gasteiger partial charge in [0.15, 0.2) is 0 Å². The molecule has 0 bridgehead atoms. The van der Waals surface area contributed by atoms with E-state index in [0.717, 1.165) is 11.1 Å². The van der Waals surface area contributed by atoms with Gasteiger partial charge in [-0.05, 0) is 42.5 Å². The quantitative estimate of drug-likeness (QED) is 0.520. The van der Waals surface area contributed by atoms with Crippen LogP contribution in [0.2, 0.25) is 0 Å². The summed E-state index contributed by atoms with van der Waals surface area (Å²) in [6.07, 6.45) is 3.54. The van der Waals surface area contributed by atoms with E-state index < -0.39 is 10.0 Å². The van der Waals surface area contributed by atoms with Gasteiger partial charge in [-0.15, -0.1) is 6.58 Å². The maximum Gasteiger partial charge on any atom is 0.243 e. The van der Waals surface area contributed by atoms with Gasteiger partial charge in [0, 0.05) is 19.7 Å². The van der Waals surface area contributed by atoms with Crippen molar-refractivity contribution in [2.24, 2.45) is 0 Å². The largest absolute Gasteiger partial charge is 0.396 e. The highest BCUT2D eigenvalue weighted by Gasteiger charge is 2.23. The van der Waals surface area contributed by atoms with Crippen LogP contribution in [0.5, 0.6) is 0 Å². The summed E-state index contributed by atoms with van der Waals surface area (Å²) in [5.41, 5.74) is 2.04. The highest BCUT2D eigenvalue weighted by Crippen LogP contribution is 2.23. The Labute approximate surface area is 150 Å². The molecule has 25 heavy (non-hydrogen) atoms. The van der Waals surface area contributed by atoms with Crippen molar-refractivity contribution in [3.05, 3.63) is 67.3 Å². The molecule has 0 atom stereocenters. The molecule has 0 amide bonds. The van der Waals surface area contributed by atoms with Crippen LogP contribution in [-0.2, 0) is 10.0 Å². The predicted molar refractivity (Wildman–Crippen MR) is 102 cm³/mol. The van der Waals surface area contributed by atoms with Crippen LogP contribution in [0.3, 0.4) is 0 Å². The lowest BCUT2D eigenvalue weighted by molar-refractivity contribution is 0.276. The lowest BCUT2D eigenvalue weighted by atomic mass is 10.1. The Kier molecular flexibility index (Phi) is 7.37. The maximum atomic E-state index is 12.9. The fourth-order valence-electron chi connectivity index (χ4n) is 2.59. The zero-order valence-electron chi connectivity index (χ0n) is 14.3. The Bertz CT molecular complexity index is 755. The summed E-state index contributed by atoms with van der Waals surface area (Å²) in [5, 5.41) is 8.93. The van der Waals surface area contributed by atoms with Gasteiger partial charge in [-0.2, -0.15) is 4.31 Å². The fraction of sp³-hybridized carbons (Fsp3) is 0.300. The van der Waals surface area contributed by atoms with Crippen LogP contribution in [0.15, 0.2) is 72.1 Å². The zero-order chi connectivity index (χ0) is 18.1. The van der Waals surface area contributed by atoms with Gasteiger partial charge >= 0.3 is 0 Å². The lowest BCUT2D eigenvalue weighted by Crippen LogP contribution is -2.33. The highest BCUT2D eigenvalue weighted by molar-refractivity contribution is 7.89. The van der Waals surface area contributed by atoms with Crippen molar-refractivity contribution in [2.45, 2.75) is 24.2 Å². The second-order valence-electron chi connectivity index (χ2n) is 5.80. The van der Waals surface area contributed by atoms with E-state index in [2.05, 4.69) is 6.58 Å². The predicted octanol–water partition coefficient (Wildman–Crippen LogP) is 3.69. The third-order valence-corrected chi connectivity index (χ3v) is 5.91. The minimum absolute atomic E-state index is 0.0706. The highest BCUT2D eigenvalue weighted by atomic mass is 32.2. The molecular formula is C20H25NO3S. The van der Waals surface area contributed by atoms with Gasteiger partial charge in [0.2, 0.25) is 10.0 Å². The van der Waals surface area contributed by atoms with Gasteiger partial charge < -0.3 is 5.11 Å². The van der Waals surface area contributed by atoms with Crippen LogP contribution < -0.4 is 0 Å². The summed E-state index contributed by atoms with van der Waals surface area (Å²) in [5.74, 6) is 0. The van der Waals surface area contributed by atoms with Gasteiger partial charge in [0.05, 0.1) is 4.90 Å². The second-order valence-corrected chi connectivity index (χ2v) is 7.74. The maximum absolute atomic E-state index is 12.9. The fourth-order valence-corrected chi connectivity index (χ4v) is 4.08. The molecular weight excluding hydrogens is 334 g/mol. The topological polar surface area (TPSA) is 57.6 Å². The minimum Gasteiger partial charge on any atom is -0.396 e. The molecule has 0 aliphatic heterocycles. The van der Waals surface area contributed by atoms with Gasteiger partial charge in [0.1, 0.15) is 0 Å². The first kappa shape index (κ1) is 19.4. The van der Waals surface area contributed by atoms with Gasteiger partial charge in [-0.3, -0.25) is 0 Å². The molecule has 134 valence electrons. The van der Waals surface area contributed by atoms with Crippen LogP contribution in [0, 0.1) is 0 Å². The van der Waals surface area contributed by atoms with Crippen LogP contribution >= 0.6 is 0 Å². The number of rotatable bonds is 10. The number of hydrogen-bond donors (Lipinski definition) is 1. The van der Waals surface area contributed by atoms with E-state index in [1.165, 1.54) is 4.31 Å². The SMILES string of the molecule is C=CCCN(CCCCO)S(=O)(=O)c1ccc(-c2ccccc2)cc1. The van der Waals surface area contributed by atoms with E-state index in [0.29, 0.717) is 37.2 Å². The van der Waals surface area contributed by atoms with E-state index in [9.17, 15) is 8.42 Å². The molecule has 0 unspecified atom stereocenters. The number of aliphatic hydroxyl groups is 1. The first-order chi connectivity index (χ1) is 12.1. The molecule has 2 rings (SSSR count). The normalized spacial score (nSPS) is 11.6. The Morgan fingerprint density at radius 3 is 2.16 bits per heavy atom. The van der Waals surface area contributed by atoms with Crippen LogP contribution in [0.25, 0.3) is 11.1 Å². The monoisotopic (exact) mass is 359 g/mol. The molecule has 2 aromatic carbocycles. The smallest absolute Gasteiger partial charge is 0.243 e. The van der Waals surface area contributed by atoms with Crippen molar-refractivity contribution in [1.29, 1.82) is 0 Å². The molecule has 0 aliphatic carbocycles. The molecule has 0 spiro atoms.